The van der Waals surface area contributed by atoms with Gasteiger partial charge in [-0.3, -0.25) is 4.99 Å². The van der Waals surface area contributed by atoms with E-state index in [4.69, 9.17) is 35.6 Å². The average molecular weight is 629 g/mol. The summed E-state index contributed by atoms with van der Waals surface area (Å²) in [6.45, 7) is 5.76. The van der Waals surface area contributed by atoms with E-state index in [1.807, 2.05) is 61.5 Å². The minimum atomic E-state index is -3.95. The Labute approximate surface area is 258 Å². The topological polar surface area (TPSA) is 111 Å². The summed E-state index contributed by atoms with van der Waals surface area (Å²) in [6, 6.07) is 23.6. The molecule has 3 aromatic carbocycles. The number of benzene rings is 3. The lowest BCUT2D eigenvalue weighted by Crippen LogP contribution is -2.41. The number of hydrogen-bond donors (Lipinski definition) is 1. The van der Waals surface area contributed by atoms with Crippen molar-refractivity contribution in [3.63, 3.8) is 0 Å². The van der Waals surface area contributed by atoms with Gasteiger partial charge in [-0.1, -0.05) is 54.1 Å². The first-order valence-corrected chi connectivity index (χ1v) is 15.9. The van der Waals surface area contributed by atoms with Crippen LogP contribution in [0.4, 0.5) is 0 Å². The molecule has 0 saturated heterocycles. The van der Waals surface area contributed by atoms with Gasteiger partial charge in [-0.15, -0.1) is 0 Å². The average Bonchev–Trinajstić information content (AvgIpc) is 3.47. The zero-order valence-electron chi connectivity index (χ0n) is 24.3. The number of ether oxygens (including phenoxy) is 4. The van der Waals surface area contributed by atoms with Crippen molar-refractivity contribution in [2.45, 2.75) is 17.7 Å². The molecule has 1 heterocycles. The maximum atomic E-state index is 13.3. The maximum absolute atomic E-state index is 13.3. The van der Waals surface area contributed by atoms with Gasteiger partial charge in [-0.05, 0) is 54.4 Å². The van der Waals surface area contributed by atoms with Crippen molar-refractivity contribution >= 4 is 33.3 Å². The largest absolute Gasteiger partial charge is 0.491 e. The van der Waals surface area contributed by atoms with Gasteiger partial charge >= 0.3 is 0 Å². The molecule has 10 nitrogen and oxygen atoms in total. The molecule has 1 atom stereocenters. The Hall–Kier alpha value is -3.48. The molecule has 43 heavy (non-hydrogen) atoms. The molecule has 0 saturated carbocycles. The second kappa shape index (κ2) is 16.4. The van der Waals surface area contributed by atoms with Crippen LogP contribution in [0.3, 0.4) is 0 Å². The van der Waals surface area contributed by atoms with Crippen molar-refractivity contribution in [2.24, 2.45) is 10.1 Å². The molecular weight excluding hydrogens is 592 g/mol. The summed E-state index contributed by atoms with van der Waals surface area (Å²) in [5.74, 6) is 0.545. The van der Waals surface area contributed by atoms with E-state index in [0.717, 1.165) is 16.8 Å². The van der Waals surface area contributed by atoms with Crippen LogP contribution in [0.5, 0.6) is 5.75 Å². The minimum Gasteiger partial charge on any atom is -0.491 e. The lowest BCUT2D eigenvalue weighted by Gasteiger charge is -2.19. The van der Waals surface area contributed by atoms with Crippen LogP contribution in [0.25, 0.3) is 0 Å². The van der Waals surface area contributed by atoms with Crippen molar-refractivity contribution in [1.29, 1.82) is 0 Å². The fourth-order valence-electron chi connectivity index (χ4n) is 4.37. The van der Waals surface area contributed by atoms with E-state index < -0.39 is 10.0 Å². The van der Waals surface area contributed by atoms with E-state index in [-0.39, 0.29) is 16.8 Å². The molecule has 0 fully saturated rings. The van der Waals surface area contributed by atoms with Gasteiger partial charge in [-0.2, -0.15) is 5.10 Å². The van der Waals surface area contributed by atoms with Gasteiger partial charge in [0.05, 0.1) is 50.2 Å². The van der Waals surface area contributed by atoms with Gasteiger partial charge in [0, 0.05) is 24.6 Å². The number of rotatable bonds is 15. The van der Waals surface area contributed by atoms with Crippen LogP contribution in [0.2, 0.25) is 5.02 Å². The van der Waals surface area contributed by atoms with Crippen molar-refractivity contribution in [3.05, 3.63) is 95.0 Å². The molecule has 0 bridgehead atoms. The molecule has 1 unspecified atom stereocenters. The van der Waals surface area contributed by atoms with Gasteiger partial charge in [0.25, 0.3) is 10.0 Å². The Kier molecular flexibility index (Phi) is 12.4. The lowest BCUT2D eigenvalue weighted by molar-refractivity contribution is 0.0114. The predicted molar refractivity (Wildman–Crippen MR) is 168 cm³/mol. The first-order chi connectivity index (χ1) is 20.9. The fraction of sp³-hybridized carbons (Fsp3) is 0.355. The maximum Gasteiger partial charge on any atom is 0.264 e. The normalized spacial score (nSPS) is 15.4. The van der Waals surface area contributed by atoms with E-state index in [0.29, 0.717) is 63.6 Å². The Morgan fingerprint density at radius 2 is 1.53 bits per heavy atom. The number of nitrogens with zero attached hydrogens (tertiary/aromatic N) is 3. The third kappa shape index (κ3) is 9.50. The SMILES string of the molecule is CCOCCOCCOCCOc1ccc(S(=O)(=O)NC(=NC)N2CC(c3ccccc3)C(c3ccc(Cl)cc3)=N2)cc1. The summed E-state index contributed by atoms with van der Waals surface area (Å²) in [4.78, 5) is 4.30. The van der Waals surface area contributed by atoms with Crippen LogP contribution < -0.4 is 9.46 Å². The Balaban J connectivity index is 1.34. The molecule has 0 aliphatic carbocycles. The second-order valence-electron chi connectivity index (χ2n) is 9.43. The van der Waals surface area contributed by atoms with E-state index in [2.05, 4.69) is 9.71 Å². The number of aliphatic imine (C=N–C) groups is 1. The zero-order chi connectivity index (χ0) is 30.5. The fourth-order valence-corrected chi connectivity index (χ4v) is 5.55. The van der Waals surface area contributed by atoms with Crippen LogP contribution >= 0.6 is 11.6 Å². The highest BCUT2D eigenvalue weighted by molar-refractivity contribution is 7.90. The first-order valence-electron chi connectivity index (χ1n) is 14.0. The van der Waals surface area contributed by atoms with Gasteiger partial charge < -0.3 is 18.9 Å². The molecule has 1 aliphatic rings. The van der Waals surface area contributed by atoms with Crippen LogP contribution in [-0.2, 0) is 24.2 Å². The van der Waals surface area contributed by atoms with Gasteiger partial charge in [0.2, 0.25) is 5.96 Å². The van der Waals surface area contributed by atoms with Crippen molar-refractivity contribution < 1.29 is 27.4 Å². The van der Waals surface area contributed by atoms with E-state index >= 15 is 0 Å². The summed E-state index contributed by atoms with van der Waals surface area (Å²) < 4.78 is 50.9. The molecule has 0 aromatic heterocycles. The molecule has 230 valence electrons. The molecule has 3 aromatic rings. The van der Waals surface area contributed by atoms with Crippen molar-refractivity contribution in [2.75, 3.05) is 59.8 Å². The Morgan fingerprint density at radius 1 is 0.907 bits per heavy atom. The molecule has 12 heteroatoms. The molecule has 0 radical (unpaired) electrons. The number of hydrazone groups is 1. The van der Waals surface area contributed by atoms with E-state index in [9.17, 15) is 8.42 Å². The summed E-state index contributed by atoms with van der Waals surface area (Å²) in [5, 5.41) is 7.00. The van der Waals surface area contributed by atoms with E-state index in [1.165, 1.54) is 19.2 Å². The Bertz CT molecular complexity index is 1450. The number of guanidine groups is 1. The lowest BCUT2D eigenvalue weighted by atomic mass is 9.91. The molecule has 0 amide bonds. The van der Waals surface area contributed by atoms with Crippen LogP contribution in [0.1, 0.15) is 24.0 Å². The van der Waals surface area contributed by atoms with Crippen molar-refractivity contribution in [1.82, 2.24) is 9.73 Å². The number of halogens is 1. The standard InChI is InChI=1S/C31H37ClN4O6S/c1-3-39-17-18-40-19-20-41-21-22-42-27-13-15-28(16-14-27)43(37,38)35-31(33-2)36-23-29(24-7-5-4-6-8-24)30(34-36)25-9-11-26(32)12-10-25/h4-16,29H,3,17-23H2,1-2H3,(H,33,35). The molecular formula is C31H37ClN4O6S. The Morgan fingerprint density at radius 3 is 2.16 bits per heavy atom. The van der Waals surface area contributed by atoms with Gasteiger partial charge in [0.1, 0.15) is 12.4 Å². The molecule has 0 spiro atoms. The highest BCUT2D eigenvalue weighted by atomic mass is 35.5. The second-order valence-corrected chi connectivity index (χ2v) is 11.6. The number of nitrogens with one attached hydrogen (secondary N) is 1. The number of sulfonamides is 1. The summed E-state index contributed by atoms with van der Waals surface area (Å²) in [7, 11) is -2.43. The first kappa shape index (κ1) is 32.4. The van der Waals surface area contributed by atoms with Crippen LogP contribution in [-0.4, -0.2) is 84.9 Å². The monoisotopic (exact) mass is 628 g/mol. The van der Waals surface area contributed by atoms with Crippen LogP contribution in [0.15, 0.2) is 93.9 Å². The highest BCUT2D eigenvalue weighted by Gasteiger charge is 2.32. The zero-order valence-corrected chi connectivity index (χ0v) is 25.9. The predicted octanol–water partition coefficient (Wildman–Crippen LogP) is 4.56. The third-order valence-electron chi connectivity index (χ3n) is 6.52. The van der Waals surface area contributed by atoms with Gasteiger partial charge in [0.15, 0.2) is 0 Å². The molecule has 1 N–H and O–H groups in total. The third-order valence-corrected chi connectivity index (χ3v) is 8.11. The van der Waals surface area contributed by atoms with Crippen LogP contribution in [0, 0.1) is 0 Å². The summed E-state index contributed by atoms with van der Waals surface area (Å²) in [6.07, 6.45) is 0. The summed E-state index contributed by atoms with van der Waals surface area (Å²) in [5.41, 5.74) is 2.75. The van der Waals surface area contributed by atoms with E-state index in [1.54, 1.807) is 17.1 Å². The van der Waals surface area contributed by atoms with Crippen molar-refractivity contribution in [3.8, 4) is 5.75 Å². The summed E-state index contributed by atoms with van der Waals surface area (Å²) >= 11 is 6.11. The number of hydrogen-bond acceptors (Lipinski definition) is 8. The van der Waals surface area contributed by atoms with Gasteiger partial charge in [-0.25, -0.2) is 18.1 Å². The molecule has 4 rings (SSSR count). The quantitative estimate of drug-likeness (QED) is 0.149. The minimum absolute atomic E-state index is 0.0714. The highest BCUT2D eigenvalue weighted by Crippen LogP contribution is 2.29. The molecule has 1 aliphatic heterocycles. The smallest absolute Gasteiger partial charge is 0.264 e.